The maximum Gasteiger partial charge on any atom is 0.263 e. The van der Waals surface area contributed by atoms with Gasteiger partial charge in [0.2, 0.25) is 5.28 Å². The van der Waals surface area contributed by atoms with Crippen molar-refractivity contribution in [1.82, 2.24) is 9.97 Å². The number of carbonyl (C=O) groups excluding carboxylic acids is 1. The molecule has 6 heteroatoms. The molecule has 92 valence electrons. The minimum absolute atomic E-state index is 0.0803. The Labute approximate surface area is 109 Å². The average molecular weight is 264 g/mol. The van der Waals surface area contributed by atoms with E-state index in [4.69, 9.17) is 16.3 Å². The molecule has 0 atom stereocenters. The normalized spacial score (nSPS) is 9.83. The van der Waals surface area contributed by atoms with Crippen molar-refractivity contribution in [2.45, 2.75) is 0 Å². The van der Waals surface area contributed by atoms with Crippen LogP contribution in [0.25, 0.3) is 0 Å². The number of carbonyl (C=O) groups is 1. The molecular weight excluding hydrogens is 254 g/mol. The lowest BCUT2D eigenvalue weighted by molar-refractivity contribution is -0.118. The highest BCUT2D eigenvalue weighted by molar-refractivity contribution is 6.28. The van der Waals surface area contributed by atoms with Gasteiger partial charge in [-0.1, -0.05) is 18.2 Å². The van der Waals surface area contributed by atoms with Gasteiger partial charge in [0.1, 0.15) is 11.6 Å². The molecule has 0 fully saturated rings. The van der Waals surface area contributed by atoms with E-state index >= 15 is 0 Å². The van der Waals surface area contributed by atoms with E-state index in [9.17, 15) is 4.79 Å². The van der Waals surface area contributed by atoms with E-state index in [1.54, 1.807) is 18.2 Å². The van der Waals surface area contributed by atoms with Crippen LogP contribution < -0.4 is 10.1 Å². The summed E-state index contributed by atoms with van der Waals surface area (Å²) >= 11 is 5.60. The van der Waals surface area contributed by atoms with Crippen LogP contribution in [-0.4, -0.2) is 22.5 Å². The largest absolute Gasteiger partial charge is 0.484 e. The van der Waals surface area contributed by atoms with E-state index < -0.39 is 0 Å². The number of aromatic nitrogens is 2. The lowest BCUT2D eigenvalue weighted by atomic mass is 10.3. The number of hydrogen-bond acceptors (Lipinski definition) is 4. The number of nitrogens with zero attached hydrogens (tertiary/aromatic N) is 2. The summed E-state index contributed by atoms with van der Waals surface area (Å²) in [6.07, 6.45) is 1.46. The molecule has 5 nitrogen and oxygen atoms in total. The van der Waals surface area contributed by atoms with E-state index in [1.165, 1.54) is 6.20 Å². The van der Waals surface area contributed by atoms with E-state index in [-0.39, 0.29) is 17.8 Å². The third-order valence-corrected chi connectivity index (χ3v) is 2.19. The van der Waals surface area contributed by atoms with Crippen LogP contribution in [0, 0.1) is 0 Å². The molecule has 1 aromatic heterocycles. The molecule has 1 amide bonds. The summed E-state index contributed by atoms with van der Waals surface area (Å²) in [5, 5.41) is 2.63. The van der Waals surface area contributed by atoms with Gasteiger partial charge in [-0.25, -0.2) is 9.97 Å². The van der Waals surface area contributed by atoms with Crippen LogP contribution in [-0.2, 0) is 4.79 Å². The van der Waals surface area contributed by atoms with E-state index in [0.29, 0.717) is 11.6 Å². The SMILES string of the molecule is O=C(COc1ccccc1)Nc1ccnc(Cl)n1. The Morgan fingerprint density at radius 3 is 2.78 bits per heavy atom. The number of amides is 1. The molecule has 0 spiro atoms. The van der Waals surface area contributed by atoms with Crippen LogP contribution >= 0.6 is 11.6 Å². The molecule has 0 saturated heterocycles. The molecule has 0 aliphatic rings. The number of anilines is 1. The van der Waals surface area contributed by atoms with Crippen molar-refractivity contribution in [2.75, 3.05) is 11.9 Å². The Hall–Kier alpha value is -2.14. The number of halogens is 1. The Morgan fingerprint density at radius 1 is 1.28 bits per heavy atom. The number of benzene rings is 1. The molecule has 1 aromatic carbocycles. The summed E-state index contributed by atoms with van der Waals surface area (Å²) < 4.78 is 5.28. The summed E-state index contributed by atoms with van der Waals surface area (Å²) in [6, 6.07) is 10.6. The first kappa shape index (κ1) is 12.3. The third kappa shape index (κ3) is 3.71. The maximum atomic E-state index is 11.6. The fourth-order valence-corrected chi connectivity index (χ4v) is 1.40. The number of rotatable bonds is 4. The molecule has 0 bridgehead atoms. The molecule has 1 heterocycles. The molecule has 0 saturated carbocycles. The summed E-state index contributed by atoms with van der Waals surface area (Å²) in [5.41, 5.74) is 0. The van der Waals surface area contributed by atoms with Crippen molar-refractivity contribution in [3.63, 3.8) is 0 Å². The highest BCUT2D eigenvalue weighted by Crippen LogP contribution is 2.09. The first-order chi connectivity index (χ1) is 8.74. The smallest absolute Gasteiger partial charge is 0.263 e. The monoisotopic (exact) mass is 263 g/mol. The molecule has 0 aliphatic carbocycles. The van der Waals surface area contributed by atoms with Crippen LogP contribution in [0.2, 0.25) is 5.28 Å². The first-order valence-corrected chi connectivity index (χ1v) is 5.58. The van der Waals surface area contributed by atoms with Crippen molar-refractivity contribution in [3.05, 3.63) is 47.9 Å². The van der Waals surface area contributed by atoms with Gasteiger partial charge in [0.05, 0.1) is 0 Å². The molecule has 2 aromatic rings. The zero-order chi connectivity index (χ0) is 12.8. The number of nitrogens with one attached hydrogen (secondary N) is 1. The fourth-order valence-electron chi connectivity index (χ4n) is 1.25. The van der Waals surface area contributed by atoms with Gasteiger partial charge in [0.25, 0.3) is 5.91 Å². The van der Waals surface area contributed by atoms with Crippen molar-refractivity contribution in [1.29, 1.82) is 0 Å². The molecule has 0 aliphatic heterocycles. The lowest BCUT2D eigenvalue weighted by Crippen LogP contribution is -2.20. The number of ether oxygens (including phenoxy) is 1. The highest BCUT2D eigenvalue weighted by Gasteiger charge is 2.04. The van der Waals surface area contributed by atoms with Gasteiger partial charge in [-0.3, -0.25) is 4.79 Å². The Bertz CT molecular complexity index is 534. The second-order valence-corrected chi connectivity index (χ2v) is 3.70. The van der Waals surface area contributed by atoms with Gasteiger partial charge in [0, 0.05) is 6.20 Å². The Morgan fingerprint density at radius 2 is 2.06 bits per heavy atom. The van der Waals surface area contributed by atoms with Crippen LogP contribution in [0.15, 0.2) is 42.6 Å². The minimum Gasteiger partial charge on any atom is -0.484 e. The van der Waals surface area contributed by atoms with Gasteiger partial charge in [0.15, 0.2) is 6.61 Å². The fraction of sp³-hybridized carbons (Fsp3) is 0.0833. The van der Waals surface area contributed by atoms with Gasteiger partial charge in [-0.05, 0) is 29.8 Å². The van der Waals surface area contributed by atoms with Crippen molar-refractivity contribution in [2.24, 2.45) is 0 Å². The zero-order valence-corrected chi connectivity index (χ0v) is 10.1. The molecule has 1 N–H and O–H groups in total. The average Bonchev–Trinajstić information content (AvgIpc) is 2.38. The van der Waals surface area contributed by atoms with Crippen molar-refractivity contribution in [3.8, 4) is 5.75 Å². The minimum atomic E-state index is -0.311. The third-order valence-electron chi connectivity index (χ3n) is 2.01. The molecule has 0 unspecified atom stereocenters. The lowest BCUT2D eigenvalue weighted by Gasteiger charge is -2.06. The number of hydrogen-bond donors (Lipinski definition) is 1. The zero-order valence-electron chi connectivity index (χ0n) is 9.34. The van der Waals surface area contributed by atoms with Gasteiger partial charge >= 0.3 is 0 Å². The van der Waals surface area contributed by atoms with Crippen LogP contribution in [0.3, 0.4) is 0 Å². The molecule has 18 heavy (non-hydrogen) atoms. The van der Waals surface area contributed by atoms with E-state index in [0.717, 1.165) is 0 Å². The molecular formula is C12H10ClN3O2. The van der Waals surface area contributed by atoms with Crippen LogP contribution in [0.4, 0.5) is 5.82 Å². The molecule has 0 radical (unpaired) electrons. The predicted molar refractivity (Wildman–Crippen MR) is 67.6 cm³/mol. The summed E-state index contributed by atoms with van der Waals surface area (Å²) in [4.78, 5) is 19.1. The maximum absolute atomic E-state index is 11.6. The van der Waals surface area contributed by atoms with Crippen LogP contribution in [0.5, 0.6) is 5.75 Å². The second kappa shape index (κ2) is 5.97. The highest BCUT2D eigenvalue weighted by atomic mass is 35.5. The van der Waals surface area contributed by atoms with E-state index in [1.807, 2.05) is 18.2 Å². The number of para-hydroxylation sites is 1. The predicted octanol–water partition coefficient (Wildman–Crippen LogP) is 2.15. The Kier molecular flexibility index (Phi) is 4.09. The van der Waals surface area contributed by atoms with Crippen molar-refractivity contribution >= 4 is 23.3 Å². The standard InChI is InChI=1S/C12H10ClN3O2/c13-12-14-7-6-10(16-12)15-11(17)8-18-9-4-2-1-3-5-9/h1-7H,8H2,(H,14,15,16,17). The first-order valence-electron chi connectivity index (χ1n) is 5.20. The van der Waals surface area contributed by atoms with Gasteiger partial charge in [-0.15, -0.1) is 0 Å². The van der Waals surface area contributed by atoms with Crippen molar-refractivity contribution < 1.29 is 9.53 Å². The van der Waals surface area contributed by atoms with Crippen LogP contribution in [0.1, 0.15) is 0 Å². The summed E-state index contributed by atoms with van der Waals surface area (Å²) in [5.74, 6) is 0.665. The quantitative estimate of drug-likeness (QED) is 0.859. The molecule has 2 rings (SSSR count). The summed E-state index contributed by atoms with van der Waals surface area (Å²) in [6.45, 7) is -0.0916. The van der Waals surface area contributed by atoms with Gasteiger partial charge < -0.3 is 10.1 Å². The van der Waals surface area contributed by atoms with Gasteiger partial charge in [-0.2, -0.15) is 0 Å². The van der Waals surface area contributed by atoms with E-state index in [2.05, 4.69) is 15.3 Å². The summed E-state index contributed by atoms with van der Waals surface area (Å²) in [7, 11) is 0. The topological polar surface area (TPSA) is 64.1 Å². The Balaban J connectivity index is 1.86. The second-order valence-electron chi connectivity index (χ2n) is 3.36.